The van der Waals surface area contributed by atoms with Crippen LogP contribution >= 0.6 is 22.7 Å². The van der Waals surface area contributed by atoms with E-state index >= 15 is 0 Å². The Bertz CT molecular complexity index is 3820. The maximum absolute atomic E-state index is 5.28. The molecule has 0 fully saturated rings. The molecule has 13 aromatic rings. The second kappa shape index (κ2) is 13.3. The first kappa shape index (κ1) is 34.1. The highest BCUT2D eigenvalue weighted by Gasteiger charge is 2.22. The van der Waals surface area contributed by atoms with E-state index in [1.165, 1.54) is 84.0 Å². The first-order valence-corrected chi connectivity index (χ1v) is 21.9. The zero-order valence-corrected chi connectivity index (χ0v) is 34.0. The summed E-state index contributed by atoms with van der Waals surface area (Å²) in [4.78, 5) is 10.5. The molecule has 0 saturated carbocycles. The molecule has 278 valence electrons. The van der Waals surface area contributed by atoms with Crippen molar-refractivity contribution in [3.63, 3.8) is 0 Å². The molecule has 0 radical (unpaired) electrons. The Balaban J connectivity index is 0.00000186. The highest BCUT2D eigenvalue weighted by Crippen LogP contribution is 2.48. The van der Waals surface area contributed by atoms with Gasteiger partial charge in [-0.15, -0.1) is 22.7 Å². The first-order valence-electron chi connectivity index (χ1n) is 20.2. The van der Waals surface area contributed by atoms with E-state index < -0.39 is 0 Å². The number of rotatable bonds is 3. The largest absolute Gasteiger partial charge is 0.309 e. The van der Waals surface area contributed by atoms with E-state index in [0.717, 1.165) is 38.9 Å². The fraction of sp³-hybridized carbons (Fsp3) is 0.0370. The highest BCUT2D eigenvalue weighted by atomic mass is 32.1. The van der Waals surface area contributed by atoms with Crippen LogP contribution in [-0.4, -0.2) is 14.5 Å². The average Bonchev–Trinajstić information content (AvgIpc) is 3.99. The molecule has 3 nitrogen and oxygen atoms in total. The number of fused-ring (bicyclic) bond motifs is 16. The minimum absolute atomic E-state index is 0.738. The van der Waals surface area contributed by atoms with Crippen LogP contribution in [0.4, 0.5) is 0 Å². The standard InChI is InChI=1S/C52H29N3S2.C2H6/c1-2-13-31(14-3-1)48-40-26-22-30-12-4-5-15-34(30)49(40)54-52(53-48)32-23-25-35-41-29-33(24-27-44(41)56-45(35)28-32)55-42-20-10-8-18-38(42)46-47-39-19-9-11-21-43(39)57-51(47)37-17-7-6-16-36(37)50(46)55;1-2/h1-29H;1-2H3. The summed E-state index contributed by atoms with van der Waals surface area (Å²) in [7, 11) is 0. The lowest BCUT2D eigenvalue weighted by molar-refractivity contribution is 1.19. The number of aromatic nitrogens is 3. The molecule has 0 saturated heterocycles. The first-order chi connectivity index (χ1) is 29.3. The molecule has 0 atom stereocenters. The minimum Gasteiger partial charge on any atom is -0.309 e. The summed E-state index contributed by atoms with van der Waals surface area (Å²) in [5.41, 5.74) is 7.68. The second-order valence-corrected chi connectivity index (χ2v) is 17.0. The van der Waals surface area contributed by atoms with Crippen molar-refractivity contribution in [2.45, 2.75) is 13.8 Å². The van der Waals surface area contributed by atoms with Crippen molar-refractivity contribution in [3.05, 3.63) is 176 Å². The summed E-state index contributed by atoms with van der Waals surface area (Å²) in [6, 6.07) is 63.9. The van der Waals surface area contributed by atoms with Crippen molar-refractivity contribution in [1.29, 1.82) is 0 Å². The van der Waals surface area contributed by atoms with Gasteiger partial charge in [0.15, 0.2) is 5.82 Å². The van der Waals surface area contributed by atoms with Crippen LogP contribution in [0.3, 0.4) is 0 Å². The minimum atomic E-state index is 0.738. The van der Waals surface area contributed by atoms with Gasteiger partial charge in [-0.25, -0.2) is 9.97 Å². The second-order valence-electron chi connectivity index (χ2n) is 14.9. The van der Waals surface area contributed by atoms with E-state index in [2.05, 4.69) is 180 Å². The van der Waals surface area contributed by atoms with Crippen LogP contribution in [-0.2, 0) is 0 Å². The van der Waals surface area contributed by atoms with Crippen molar-refractivity contribution in [1.82, 2.24) is 14.5 Å². The van der Waals surface area contributed by atoms with Gasteiger partial charge in [-0.2, -0.15) is 0 Å². The molecule has 59 heavy (non-hydrogen) atoms. The topological polar surface area (TPSA) is 30.7 Å². The van der Waals surface area contributed by atoms with Crippen molar-refractivity contribution in [2.75, 3.05) is 0 Å². The van der Waals surface area contributed by atoms with E-state index in [1.54, 1.807) is 0 Å². The Morgan fingerprint density at radius 2 is 1.12 bits per heavy atom. The van der Waals surface area contributed by atoms with Crippen LogP contribution in [0.25, 0.3) is 123 Å². The lowest BCUT2D eigenvalue weighted by Crippen LogP contribution is -1.96. The number of para-hydroxylation sites is 1. The Morgan fingerprint density at radius 3 is 1.98 bits per heavy atom. The van der Waals surface area contributed by atoms with Crippen molar-refractivity contribution < 1.29 is 0 Å². The maximum atomic E-state index is 5.28. The summed E-state index contributed by atoms with van der Waals surface area (Å²) >= 11 is 3.74. The summed E-state index contributed by atoms with van der Waals surface area (Å²) < 4.78 is 7.68. The lowest BCUT2D eigenvalue weighted by Gasteiger charge is -2.12. The number of hydrogen-bond donors (Lipinski definition) is 0. The van der Waals surface area contributed by atoms with Crippen LogP contribution in [0.2, 0.25) is 0 Å². The molecule has 13 rings (SSSR count). The summed E-state index contributed by atoms with van der Waals surface area (Å²) in [5, 5.41) is 13.7. The summed E-state index contributed by atoms with van der Waals surface area (Å²) in [5.74, 6) is 0.738. The van der Waals surface area contributed by atoms with Gasteiger partial charge >= 0.3 is 0 Å². The quantitative estimate of drug-likeness (QED) is 0.167. The number of hydrogen-bond acceptors (Lipinski definition) is 4. The Hall–Kier alpha value is -6.92. The van der Waals surface area contributed by atoms with Gasteiger partial charge in [0.05, 0.1) is 22.2 Å². The van der Waals surface area contributed by atoms with E-state index in [0.29, 0.717) is 0 Å². The molecule has 0 amide bonds. The molecule has 0 aliphatic carbocycles. The third-order valence-electron chi connectivity index (χ3n) is 11.8. The predicted octanol–water partition coefficient (Wildman–Crippen LogP) is 16.1. The van der Waals surface area contributed by atoms with Gasteiger partial charge in [0.1, 0.15) is 0 Å². The molecule has 4 aromatic heterocycles. The van der Waals surface area contributed by atoms with Gasteiger partial charge in [-0.05, 0) is 47.9 Å². The van der Waals surface area contributed by atoms with Crippen LogP contribution in [0.5, 0.6) is 0 Å². The lowest BCUT2D eigenvalue weighted by atomic mass is 10.00. The number of benzene rings is 9. The molecule has 4 heterocycles. The van der Waals surface area contributed by atoms with Gasteiger partial charge in [-0.3, -0.25) is 0 Å². The molecule has 9 aromatic carbocycles. The normalized spacial score (nSPS) is 11.9. The maximum Gasteiger partial charge on any atom is 0.160 e. The van der Waals surface area contributed by atoms with E-state index in [9.17, 15) is 0 Å². The van der Waals surface area contributed by atoms with Crippen LogP contribution in [0, 0.1) is 0 Å². The van der Waals surface area contributed by atoms with Gasteiger partial charge in [-0.1, -0.05) is 147 Å². The van der Waals surface area contributed by atoms with Gasteiger partial charge in [0, 0.05) is 89.5 Å². The van der Waals surface area contributed by atoms with Crippen molar-refractivity contribution in [2.24, 2.45) is 0 Å². The van der Waals surface area contributed by atoms with Crippen LogP contribution in [0.15, 0.2) is 176 Å². The molecule has 0 aliphatic heterocycles. The van der Waals surface area contributed by atoms with Crippen molar-refractivity contribution >= 4 is 117 Å². The fourth-order valence-electron chi connectivity index (χ4n) is 9.24. The zero-order valence-electron chi connectivity index (χ0n) is 32.4. The predicted molar refractivity (Wildman–Crippen MR) is 257 cm³/mol. The Morgan fingerprint density at radius 1 is 0.424 bits per heavy atom. The molecular formula is C54H35N3S2. The van der Waals surface area contributed by atoms with Gasteiger partial charge in [0.25, 0.3) is 0 Å². The van der Waals surface area contributed by atoms with E-state index in [1.807, 2.05) is 36.5 Å². The highest BCUT2D eigenvalue weighted by molar-refractivity contribution is 7.27. The van der Waals surface area contributed by atoms with Crippen LogP contribution < -0.4 is 0 Å². The molecule has 0 aliphatic rings. The molecule has 0 spiro atoms. The molecular weight excluding hydrogens is 755 g/mol. The summed E-state index contributed by atoms with van der Waals surface area (Å²) in [6.07, 6.45) is 0. The number of thiophene rings is 2. The number of nitrogens with zero attached hydrogens (tertiary/aromatic N) is 3. The molecule has 0 bridgehead atoms. The smallest absolute Gasteiger partial charge is 0.160 e. The molecule has 5 heteroatoms. The molecule has 0 N–H and O–H groups in total. The van der Waals surface area contributed by atoms with E-state index in [4.69, 9.17) is 9.97 Å². The van der Waals surface area contributed by atoms with Crippen molar-refractivity contribution in [3.8, 4) is 28.3 Å². The van der Waals surface area contributed by atoms with Gasteiger partial charge in [0.2, 0.25) is 0 Å². The average molecular weight is 790 g/mol. The van der Waals surface area contributed by atoms with Crippen LogP contribution in [0.1, 0.15) is 13.8 Å². The third kappa shape index (κ3) is 5.05. The summed E-state index contributed by atoms with van der Waals surface area (Å²) in [6.45, 7) is 4.00. The fourth-order valence-corrected chi connectivity index (χ4v) is 11.6. The van der Waals surface area contributed by atoms with E-state index in [-0.39, 0.29) is 0 Å². The van der Waals surface area contributed by atoms with Gasteiger partial charge < -0.3 is 4.57 Å². The third-order valence-corrected chi connectivity index (χ3v) is 14.1. The Kier molecular flexibility index (Phi) is 7.71. The Labute approximate surface area is 348 Å². The molecule has 0 unspecified atom stereocenters. The zero-order chi connectivity index (χ0) is 39.2. The monoisotopic (exact) mass is 789 g/mol. The SMILES string of the molecule is CC.c1ccc(-c2nc(-c3ccc4c(c3)sc3ccc(-n5c6ccccc6c6c7c8ccccc8sc7c7ccccc7c65)cc34)nc3c2ccc2ccccc23)cc1.